The Morgan fingerprint density at radius 1 is 1.40 bits per heavy atom. The van der Waals surface area contributed by atoms with Crippen molar-refractivity contribution in [2.75, 3.05) is 39.8 Å². The highest BCUT2D eigenvalue weighted by atomic mass is 127. The molecule has 2 rings (SSSR count). The number of guanidine groups is 1. The number of rotatable bonds is 6. The van der Waals surface area contributed by atoms with Crippen molar-refractivity contribution in [3.8, 4) is 0 Å². The predicted molar refractivity (Wildman–Crippen MR) is 119 cm³/mol. The molecular formula is C18H34IN5S. The molecule has 1 aliphatic rings. The summed E-state index contributed by atoms with van der Waals surface area (Å²) in [4.78, 5) is 14.1. The highest BCUT2D eigenvalue weighted by Gasteiger charge is 2.21. The maximum Gasteiger partial charge on any atom is 0.194 e. The fourth-order valence-electron chi connectivity index (χ4n) is 3.54. The average Bonchev–Trinajstić information content (AvgIpc) is 2.90. The lowest BCUT2D eigenvalue weighted by Gasteiger charge is -2.34. The summed E-state index contributed by atoms with van der Waals surface area (Å²) in [6.45, 7) is 14.9. The van der Waals surface area contributed by atoms with Crippen molar-refractivity contribution in [1.29, 1.82) is 0 Å². The van der Waals surface area contributed by atoms with Gasteiger partial charge in [0.15, 0.2) is 5.96 Å². The summed E-state index contributed by atoms with van der Waals surface area (Å²) in [7, 11) is 2.08. The van der Waals surface area contributed by atoms with E-state index in [1.165, 1.54) is 19.5 Å². The number of likely N-dealkylation sites (tertiary alicyclic amines) is 1. The van der Waals surface area contributed by atoms with Crippen LogP contribution in [-0.2, 0) is 6.54 Å². The maximum atomic E-state index is 4.83. The first kappa shape index (κ1) is 22.6. The lowest BCUT2D eigenvalue weighted by Crippen LogP contribution is -2.41. The standard InChI is InChI=1S/C18H33N5S.HI/c1-6-19-18(22(5)12-17-13-24-16(4)21-17)20-7-8-23-10-14(2)9-15(3)11-23;/h13-15H,6-12H2,1-5H3,(H,19,20);1H. The molecule has 2 atom stereocenters. The summed E-state index contributed by atoms with van der Waals surface area (Å²) in [6.07, 6.45) is 1.36. The summed E-state index contributed by atoms with van der Waals surface area (Å²) in [5.41, 5.74) is 1.12. The summed E-state index contributed by atoms with van der Waals surface area (Å²) >= 11 is 1.70. The van der Waals surface area contributed by atoms with Crippen LogP contribution in [0.1, 0.15) is 37.9 Å². The monoisotopic (exact) mass is 479 g/mol. The van der Waals surface area contributed by atoms with Crippen LogP contribution in [0, 0.1) is 18.8 Å². The van der Waals surface area contributed by atoms with E-state index in [2.05, 4.69) is 53.3 Å². The zero-order valence-corrected chi connectivity index (χ0v) is 19.4. The summed E-state index contributed by atoms with van der Waals surface area (Å²) in [5, 5.41) is 6.65. The molecule has 0 amide bonds. The zero-order chi connectivity index (χ0) is 17.5. The molecule has 0 radical (unpaired) electrons. The molecule has 7 heteroatoms. The molecule has 1 aromatic heterocycles. The van der Waals surface area contributed by atoms with E-state index >= 15 is 0 Å². The normalized spacial score (nSPS) is 21.7. The van der Waals surface area contributed by atoms with Crippen molar-refractivity contribution >= 4 is 41.3 Å². The molecule has 0 aliphatic carbocycles. The highest BCUT2D eigenvalue weighted by Crippen LogP contribution is 2.20. The largest absolute Gasteiger partial charge is 0.357 e. The number of nitrogens with zero attached hydrogens (tertiary/aromatic N) is 4. The van der Waals surface area contributed by atoms with Gasteiger partial charge in [0.2, 0.25) is 0 Å². The second-order valence-corrected chi connectivity index (χ2v) is 8.22. The van der Waals surface area contributed by atoms with Crippen LogP contribution in [0.4, 0.5) is 0 Å². The van der Waals surface area contributed by atoms with E-state index < -0.39 is 0 Å². The van der Waals surface area contributed by atoms with Gasteiger partial charge in [-0.15, -0.1) is 35.3 Å². The second-order valence-electron chi connectivity index (χ2n) is 7.16. The molecule has 1 fully saturated rings. The Morgan fingerprint density at radius 2 is 2.08 bits per heavy atom. The highest BCUT2D eigenvalue weighted by molar-refractivity contribution is 14.0. The Bertz CT molecular complexity index is 523. The van der Waals surface area contributed by atoms with E-state index in [0.29, 0.717) is 0 Å². The first-order chi connectivity index (χ1) is 11.5. The quantitative estimate of drug-likeness (QED) is 0.386. The molecule has 144 valence electrons. The third-order valence-corrected chi connectivity index (χ3v) is 5.21. The Hall–Kier alpha value is -0.410. The number of aromatic nitrogens is 1. The smallest absolute Gasteiger partial charge is 0.194 e. The lowest BCUT2D eigenvalue weighted by molar-refractivity contribution is 0.145. The predicted octanol–water partition coefficient (Wildman–Crippen LogP) is 3.44. The SMILES string of the molecule is CCNC(=NCCN1CC(C)CC(C)C1)N(C)Cc1csc(C)n1.I. The second kappa shape index (κ2) is 11.3. The number of piperidine rings is 1. The van der Waals surface area contributed by atoms with Crippen molar-refractivity contribution in [2.45, 2.75) is 40.7 Å². The van der Waals surface area contributed by atoms with E-state index in [-0.39, 0.29) is 24.0 Å². The molecule has 25 heavy (non-hydrogen) atoms. The molecule has 1 aromatic rings. The Labute approximate surface area is 174 Å². The number of halogens is 1. The van der Waals surface area contributed by atoms with Crippen molar-refractivity contribution in [1.82, 2.24) is 20.1 Å². The van der Waals surface area contributed by atoms with Gasteiger partial charge < -0.3 is 15.1 Å². The van der Waals surface area contributed by atoms with E-state index in [4.69, 9.17) is 4.99 Å². The van der Waals surface area contributed by atoms with Crippen molar-refractivity contribution < 1.29 is 0 Å². The summed E-state index contributed by atoms with van der Waals surface area (Å²) in [5.74, 6) is 2.59. The number of aliphatic imine (C=N–C) groups is 1. The molecule has 0 saturated carbocycles. The van der Waals surface area contributed by atoms with Crippen molar-refractivity contribution in [3.63, 3.8) is 0 Å². The summed E-state index contributed by atoms with van der Waals surface area (Å²) < 4.78 is 0. The van der Waals surface area contributed by atoms with Crippen molar-refractivity contribution in [2.24, 2.45) is 16.8 Å². The van der Waals surface area contributed by atoms with Crippen LogP contribution >= 0.6 is 35.3 Å². The van der Waals surface area contributed by atoms with Gasteiger partial charge in [0.05, 0.1) is 23.8 Å². The van der Waals surface area contributed by atoms with Gasteiger partial charge in [-0.05, 0) is 32.1 Å². The fourth-order valence-corrected chi connectivity index (χ4v) is 4.14. The maximum absolute atomic E-state index is 4.83. The molecule has 0 spiro atoms. The first-order valence-corrected chi connectivity index (χ1v) is 9.98. The molecule has 2 unspecified atom stereocenters. The zero-order valence-electron chi connectivity index (χ0n) is 16.3. The minimum absolute atomic E-state index is 0. The molecule has 1 saturated heterocycles. The van der Waals surface area contributed by atoms with Gasteiger partial charge in [-0.1, -0.05) is 13.8 Å². The van der Waals surface area contributed by atoms with Gasteiger partial charge in [0.25, 0.3) is 0 Å². The van der Waals surface area contributed by atoms with Gasteiger partial charge >= 0.3 is 0 Å². The fraction of sp³-hybridized carbons (Fsp3) is 0.778. The van der Waals surface area contributed by atoms with Crippen molar-refractivity contribution in [3.05, 3.63) is 16.1 Å². The molecule has 1 N–H and O–H groups in total. The van der Waals surface area contributed by atoms with E-state index in [0.717, 1.165) is 54.7 Å². The molecule has 2 heterocycles. The van der Waals surface area contributed by atoms with Crippen LogP contribution in [0.2, 0.25) is 0 Å². The van der Waals surface area contributed by atoms with E-state index in [1.54, 1.807) is 11.3 Å². The minimum Gasteiger partial charge on any atom is -0.357 e. The minimum atomic E-state index is 0. The van der Waals surface area contributed by atoms with Crippen LogP contribution < -0.4 is 5.32 Å². The van der Waals surface area contributed by atoms with E-state index in [1.807, 2.05) is 6.92 Å². The molecule has 1 aliphatic heterocycles. The van der Waals surface area contributed by atoms with E-state index in [9.17, 15) is 0 Å². The Morgan fingerprint density at radius 3 is 2.64 bits per heavy atom. The van der Waals surface area contributed by atoms with Crippen LogP contribution in [0.3, 0.4) is 0 Å². The third-order valence-electron chi connectivity index (χ3n) is 4.38. The Balaban J connectivity index is 0.00000312. The summed E-state index contributed by atoms with van der Waals surface area (Å²) in [6, 6.07) is 0. The molecule has 5 nitrogen and oxygen atoms in total. The topological polar surface area (TPSA) is 43.8 Å². The number of hydrogen-bond acceptors (Lipinski definition) is 4. The van der Waals surface area contributed by atoms with Gasteiger partial charge in [-0.25, -0.2) is 4.98 Å². The molecule has 0 bridgehead atoms. The number of nitrogens with one attached hydrogen (secondary N) is 1. The number of thiazole rings is 1. The first-order valence-electron chi connectivity index (χ1n) is 9.10. The average molecular weight is 479 g/mol. The third kappa shape index (κ3) is 7.78. The molecule has 0 aromatic carbocycles. The van der Waals surface area contributed by atoms with Crippen LogP contribution in [0.15, 0.2) is 10.4 Å². The lowest BCUT2D eigenvalue weighted by atomic mass is 9.92. The van der Waals surface area contributed by atoms with Crippen LogP contribution in [0.5, 0.6) is 0 Å². The van der Waals surface area contributed by atoms with Crippen LogP contribution in [0.25, 0.3) is 0 Å². The Kier molecular flexibility index (Phi) is 10.3. The van der Waals surface area contributed by atoms with Gasteiger partial charge in [-0.2, -0.15) is 0 Å². The van der Waals surface area contributed by atoms with Gasteiger partial charge in [-0.3, -0.25) is 4.99 Å². The van der Waals surface area contributed by atoms with Gasteiger partial charge in [0, 0.05) is 38.6 Å². The number of hydrogen-bond donors (Lipinski definition) is 1. The number of aryl methyl sites for hydroxylation is 1. The van der Waals surface area contributed by atoms with Gasteiger partial charge in [0.1, 0.15) is 0 Å². The van der Waals surface area contributed by atoms with Crippen LogP contribution in [-0.4, -0.2) is 60.5 Å². The molecular weight excluding hydrogens is 445 g/mol.